The van der Waals surface area contributed by atoms with Gasteiger partial charge in [-0.1, -0.05) is 48.5 Å². The second kappa shape index (κ2) is 15.7. The molecule has 11 heteroatoms. The minimum Gasteiger partial charge on any atom is -0.508 e. The number of fused-ring (bicyclic) bond motifs is 3. The number of hydrogen-bond acceptors (Lipinski definition) is 8. The van der Waals surface area contributed by atoms with E-state index in [0.29, 0.717) is 47.7 Å². The highest BCUT2D eigenvalue weighted by Crippen LogP contribution is 2.47. The predicted molar refractivity (Wildman–Crippen MR) is 225 cm³/mol. The number of phenols is 1. The molecule has 1 aliphatic carbocycles. The summed E-state index contributed by atoms with van der Waals surface area (Å²) < 4.78 is 0. The number of piperidine rings is 3. The molecule has 0 saturated carbocycles. The van der Waals surface area contributed by atoms with Crippen molar-refractivity contribution in [3.8, 4) is 5.75 Å². The van der Waals surface area contributed by atoms with Gasteiger partial charge in [0, 0.05) is 69.8 Å². The summed E-state index contributed by atoms with van der Waals surface area (Å²) in [5, 5.41) is 12.5. The van der Waals surface area contributed by atoms with Gasteiger partial charge in [0.1, 0.15) is 11.8 Å². The molecule has 60 heavy (non-hydrogen) atoms. The average molecular weight is 806 g/mol. The number of nitrogens with one attached hydrogen (secondary N) is 1. The zero-order chi connectivity index (χ0) is 41.1. The number of aromatic hydroxyl groups is 1. The molecule has 11 nitrogen and oxygen atoms in total. The van der Waals surface area contributed by atoms with Crippen LogP contribution in [0.4, 0.5) is 5.69 Å². The summed E-state index contributed by atoms with van der Waals surface area (Å²) in [4.78, 5) is 72.5. The number of aryl methyl sites for hydroxylation is 1. The number of amides is 5. The van der Waals surface area contributed by atoms with Crippen LogP contribution >= 0.6 is 0 Å². The smallest absolute Gasteiger partial charge is 0.262 e. The van der Waals surface area contributed by atoms with Crippen LogP contribution < -0.4 is 10.2 Å². The first-order valence-corrected chi connectivity index (χ1v) is 21.8. The number of rotatable bonds is 7. The van der Waals surface area contributed by atoms with E-state index < -0.39 is 23.8 Å². The van der Waals surface area contributed by atoms with Gasteiger partial charge in [-0.3, -0.25) is 39.1 Å². The van der Waals surface area contributed by atoms with E-state index in [1.807, 2.05) is 24.3 Å². The average Bonchev–Trinajstić information content (AvgIpc) is 3.78. The first-order chi connectivity index (χ1) is 29.2. The lowest BCUT2D eigenvalue weighted by atomic mass is 9.69. The number of carbonyl (C=O) groups excluding carboxylic acids is 5. The molecule has 6 aliphatic rings. The van der Waals surface area contributed by atoms with Crippen molar-refractivity contribution in [3.63, 3.8) is 0 Å². The van der Waals surface area contributed by atoms with Crippen LogP contribution in [-0.2, 0) is 33.9 Å². The third-order valence-corrected chi connectivity index (χ3v) is 14.3. The van der Waals surface area contributed by atoms with Crippen molar-refractivity contribution in [2.75, 3.05) is 37.6 Å². The van der Waals surface area contributed by atoms with Crippen LogP contribution in [0.5, 0.6) is 5.75 Å². The van der Waals surface area contributed by atoms with Crippen molar-refractivity contribution >= 4 is 35.2 Å². The molecule has 4 aromatic carbocycles. The monoisotopic (exact) mass is 805 g/mol. The Hall–Kier alpha value is -5.81. The van der Waals surface area contributed by atoms with E-state index in [1.54, 1.807) is 0 Å². The normalized spacial score (nSPS) is 23.7. The molecule has 308 valence electrons. The zero-order valence-corrected chi connectivity index (χ0v) is 33.9. The number of nitrogens with zero attached hydrogens (tertiary/aromatic N) is 4. The largest absolute Gasteiger partial charge is 0.508 e. The van der Waals surface area contributed by atoms with Gasteiger partial charge in [0.05, 0.1) is 11.1 Å². The third-order valence-electron chi connectivity index (χ3n) is 14.3. The van der Waals surface area contributed by atoms with Crippen LogP contribution in [0.2, 0.25) is 0 Å². The fourth-order valence-electron chi connectivity index (χ4n) is 11.1. The summed E-state index contributed by atoms with van der Waals surface area (Å²) in [7, 11) is 0. The molecule has 0 spiro atoms. The molecule has 5 aliphatic heterocycles. The van der Waals surface area contributed by atoms with Crippen LogP contribution in [-0.4, -0.2) is 88.1 Å². The van der Waals surface area contributed by atoms with Crippen molar-refractivity contribution in [3.05, 3.63) is 129 Å². The number of imide groups is 2. The quantitative estimate of drug-likeness (QED) is 0.214. The van der Waals surface area contributed by atoms with Gasteiger partial charge in [-0.2, -0.15) is 0 Å². The van der Waals surface area contributed by atoms with E-state index in [1.165, 1.54) is 27.9 Å². The number of hydrogen-bond donors (Lipinski definition) is 2. The van der Waals surface area contributed by atoms with E-state index in [2.05, 4.69) is 80.7 Å². The molecule has 0 bridgehead atoms. The maximum Gasteiger partial charge on any atom is 0.262 e. The second-order valence-corrected chi connectivity index (χ2v) is 17.8. The Morgan fingerprint density at radius 1 is 0.683 bits per heavy atom. The highest BCUT2D eigenvalue weighted by Gasteiger charge is 2.45. The predicted octanol–water partition coefficient (Wildman–Crippen LogP) is 6.13. The van der Waals surface area contributed by atoms with Gasteiger partial charge in [-0.25, -0.2) is 0 Å². The fraction of sp³-hybridized carbons (Fsp3) is 0.408. The lowest BCUT2D eigenvalue weighted by molar-refractivity contribution is -0.138. The van der Waals surface area contributed by atoms with Crippen molar-refractivity contribution < 1.29 is 29.1 Å². The van der Waals surface area contributed by atoms with Gasteiger partial charge in [-0.15, -0.1) is 0 Å². The van der Waals surface area contributed by atoms with Crippen molar-refractivity contribution in [1.29, 1.82) is 0 Å². The zero-order valence-electron chi connectivity index (χ0n) is 33.9. The maximum absolute atomic E-state index is 13.8. The standard InChI is InChI=1S/C49H51N5O6/c55-38-11-13-40-34(24-38)8-12-39(31-4-2-1-3-5-31)45(40)32-6-9-37(10-7-32)52-22-18-33(19-23-52)47(58)53-20-16-30(17-21-53)27-51-28-35-25-41-42(26-36(35)29-51)49(60)54(48(41)59)43-14-15-44(56)50-46(43)57/h1-7,9-11,13,24-26,30,33,39,43,45,55H,8,12,14-23,27-29H2,(H,50,56,57)/t39-,43?,45+/m1/s1. The molecule has 5 heterocycles. The maximum atomic E-state index is 13.8. The van der Waals surface area contributed by atoms with Crippen molar-refractivity contribution in [1.82, 2.24) is 20.0 Å². The molecular formula is C49H51N5O6. The molecule has 5 amide bonds. The molecule has 2 N–H and O–H groups in total. The highest BCUT2D eigenvalue weighted by molar-refractivity contribution is 6.23. The Morgan fingerprint density at radius 2 is 1.37 bits per heavy atom. The van der Waals surface area contributed by atoms with Crippen LogP contribution in [0, 0.1) is 11.8 Å². The molecule has 1 unspecified atom stereocenters. The van der Waals surface area contributed by atoms with Gasteiger partial charge >= 0.3 is 0 Å². The number of likely N-dealkylation sites (tertiary alicyclic amines) is 1. The number of benzene rings is 4. The molecule has 0 radical (unpaired) electrons. The fourth-order valence-corrected chi connectivity index (χ4v) is 11.1. The Balaban J connectivity index is 0.710. The Bertz CT molecular complexity index is 2320. The van der Waals surface area contributed by atoms with Crippen LogP contribution in [0.3, 0.4) is 0 Å². The van der Waals surface area contributed by atoms with Gasteiger partial charge in [0.25, 0.3) is 11.8 Å². The molecule has 0 aromatic heterocycles. The summed E-state index contributed by atoms with van der Waals surface area (Å²) in [6.07, 6.45) is 5.83. The SMILES string of the molecule is O=C1CCC(N2C(=O)c3cc4c(cc3C2=O)CN(CC2CCN(C(=O)C3CCN(c5ccc([C@@H]6c7ccc(O)cc7CC[C@@H]6c6ccccc6)cc5)CC3)CC2)C4)C(=O)N1. The molecule has 10 rings (SSSR count). The van der Waals surface area contributed by atoms with Crippen LogP contribution in [0.15, 0.2) is 84.9 Å². The molecule has 4 aromatic rings. The number of anilines is 1. The topological polar surface area (TPSA) is 131 Å². The van der Waals surface area contributed by atoms with Crippen LogP contribution in [0.25, 0.3) is 0 Å². The highest BCUT2D eigenvalue weighted by atomic mass is 16.3. The van der Waals surface area contributed by atoms with E-state index >= 15 is 0 Å². The summed E-state index contributed by atoms with van der Waals surface area (Å²) in [5.41, 5.74) is 9.11. The van der Waals surface area contributed by atoms with Crippen molar-refractivity contribution in [2.24, 2.45) is 11.8 Å². The van der Waals surface area contributed by atoms with Gasteiger partial charge in [-0.05, 0) is 127 Å². The van der Waals surface area contributed by atoms with E-state index in [4.69, 9.17) is 0 Å². The van der Waals surface area contributed by atoms with E-state index in [-0.39, 0.29) is 30.6 Å². The molecule has 3 atom stereocenters. The molecular weight excluding hydrogens is 755 g/mol. The second-order valence-electron chi connectivity index (χ2n) is 17.8. The minimum atomic E-state index is -0.963. The van der Waals surface area contributed by atoms with Gasteiger partial charge < -0.3 is 14.9 Å². The minimum absolute atomic E-state index is 0.0465. The summed E-state index contributed by atoms with van der Waals surface area (Å²) in [6, 6.07) is 28.4. The van der Waals surface area contributed by atoms with Gasteiger partial charge in [0.15, 0.2) is 0 Å². The first kappa shape index (κ1) is 38.4. The summed E-state index contributed by atoms with van der Waals surface area (Å²) >= 11 is 0. The lowest BCUT2D eigenvalue weighted by Crippen LogP contribution is -2.54. The van der Waals surface area contributed by atoms with Gasteiger partial charge in [0.2, 0.25) is 17.7 Å². The third kappa shape index (κ3) is 7.06. The molecule has 3 fully saturated rings. The Labute approximate surface area is 350 Å². The Kier molecular flexibility index (Phi) is 10.0. The molecule has 3 saturated heterocycles. The van der Waals surface area contributed by atoms with E-state index in [0.717, 1.165) is 87.3 Å². The number of phenolic OH excluding ortho intramolecular Hbond substituents is 1. The first-order valence-electron chi connectivity index (χ1n) is 21.8. The summed E-state index contributed by atoms with van der Waals surface area (Å²) in [6.45, 7) is 5.53. The summed E-state index contributed by atoms with van der Waals surface area (Å²) in [5.74, 6) is -0.215. The lowest BCUT2D eigenvalue weighted by Gasteiger charge is -2.39. The van der Waals surface area contributed by atoms with Crippen molar-refractivity contribution in [2.45, 2.75) is 82.3 Å². The Morgan fingerprint density at radius 3 is 2.03 bits per heavy atom. The number of carbonyl (C=O) groups is 5. The van der Waals surface area contributed by atoms with Crippen LogP contribution in [0.1, 0.15) is 111 Å². The van der Waals surface area contributed by atoms with E-state index in [9.17, 15) is 29.1 Å².